The molecule has 1 aromatic heterocycles. The molecule has 1 atom stereocenters. The van der Waals surface area contributed by atoms with Crippen molar-refractivity contribution < 1.29 is 9.53 Å². The molecule has 0 radical (unpaired) electrons. The molecule has 0 spiro atoms. The van der Waals surface area contributed by atoms with Crippen LogP contribution in [0.15, 0.2) is 66.7 Å². The summed E-state index contributed by atoms with van der Waals surface area (Å²) in [5.74, 6) is 0.492. The highest BCUT2D eigenvalue weighted by molar-refractivity contribution is 6.05. The number of nitrogens with zero attached hydrogens (tertiary/aromatic N) is 3. The molecule has 0 fully saturated rings. The third-order valence-corrected chi connectivity index (χ3v) is 5.22. The molecular formula is C25H26N4O2. The summed E-state index contributed by atoms with van der Waals surface area (Å²) < 4.78 is 5.82. The number of amides is 1. The van der Waals surface area contributed by atoms with Gasteiger partial charge in [0.15, 0.2) is 0 Å². The van der Waals surface area contributed by atoms with Crippen LogP contribution in [0.1, 0.15) is 43.1 Å². The second kappa shape index (κ2) is 9.00. The Morgan fingerprint density at radius 1 is 1.00 bits per heavy atom. The number of carbonyl (C=O) groups is 1. The van der Waals surface area contributed by atoms with E-state index in [1.54, 1.807) is 16.9 Å². The molecule has 4 aromatic rings. The first kappa shape index (κ1) is 20.6. The van der Waals surface area contributed by atoms with Gasteiger partial charge in [-0.25, -0.2) is 0 Å². The van der Waals surface area contributed by atoms with Gasteiger partial charge >= 0.3 is 0 Å². The van der Waals surface area contributed by atoms with Gasteiger partial charge in [-0.05, 0) is 73.9 Å². The molecule has 0 aliphatic rings. The molecule has 0 bridgehead atoms. The first-order chi connectivity index (χ1) is 15.1. The van der Waals surface area contributed by atoms with Gasteiger partial charge in [0.1, 0.15) is 16.8 Å². The Hall–Kier alpha value is -3.67. The highest BCUT2D eigenvalue weighted by Crippen LogP contribution is 2.20. The summed E-state index contributed by atoms with van der Waals surface area (Å²) >= 11 is 0. The zero-order valence-corrected chi connectivity index (χ0v) is 18.0. The number of aryl methyl sites for hydroxylation is 1. The number of anilines is 1. The van der Waals surface area contributed by atoms with E-state index in [4.69, 9.17) is 4.74 Å². The molecule has 4 rings (SSSR count). The van der Waals surface area contributed by atoms with E-state index in [-0.39, 0.29) is 12.0 Å². The van der Waals surface area contributed by atoms with E-state index in [9.17, 15) is 4.79 Å². The maximum absolute atomic E-state index is 12.7. The van der Waals surface area contributed by atoms with E-state index in [0.29, 0.717) is 22.5 Å². The van der Waals surface area contributed by atoms with Crippen LogP contribution in [0.5, 0.6) is 5.75 Å². The lowest BCUT2D eigenvalue weighted by Crippen LogP contribution is -2.13. The number of benzene rings is 3. The number of rotatable bonds is 7. The largest absolute Gasteiger partial charge is 0.491 e. The van der Waals surface area contributed by atoms with Crippen LogP contribution < -0.4 is 10.1 Å². The predicted molar refractivity (Wildman–Crippen MR) is 123 cm³/mol. The molecule has 0 saturated carbocycles. The first-order valence-electron chi connectivity index (χ1n) is 10.6. The van der Waals surface area contributed by atoms with Crippen molar-refractivity contribution in [3.63, 3.8) is 0 Å². The maximum Gasteiger partial charge on any atom is 0.255 e. The van der Waals surface area contributed by atoms with Crippen molar-refractivity contribution in [2.24, 2.45) is 0 Å². The Balaban J connectivity index is 1.52. The second-order valence-corrected chi connectivity index (χ2v) is 7.53. The fourth-order valence-electron chi connectivity index (χ4n) is 3.20. The molecule has 0 aliphatic heterocycles. The third kappa shape index (κ3) is 4.74. The molecule has 6 nitrogen and oxygen atoms in total. The van der Waals surface area contributed by atoms with Crippen molar-refractivity contribution in [3.05, 3.63) is 77.9 Å². The number of aromatic nitrogens is 3. The quantitative estimate of drug-likeness (QED) is 0.439. The third-order valence-electron chi connectivity index (χ3n) is 5.22. The van der Waals surface area contributed by atoms with E-state index in [2.05, 4.69) is 41.5 Å². The molecule has 0 saturated heterocycles. The molecule has 0 aliphatic carbocycles. The summed E-state index contributed by atoms with van der Waals surface area (Å²) in [6, 6.07) is 20.9. The van der Waals surface area contributed by atoms with E-state index < -0.39 is 0 Å². The van der Waals surface area contributed by atoms with Gasteiger partial charge in [0, 0.05) is 11.3 Å². The smallest absolute Gasteiger partial charge is 0.255 e. The van der Waals surface area contributed by atoms with Crippen molar-refractivity contribution >= 4 is 22.6 Å². The first-order valence-corrected chi connectivity index (χ1v) is 10.6. The van der Waals surface area contributed by atoms with E-state index >= 15 is 0 Å². The van der Waals surface area contributed by atoms with Gasteiger partial charge in [-0.1, -0.05) is 32.0 Å². The summed E-state index contributed by atoms with van der Waals surface area (Å²) in [6.07, 6.45) is 1.99. The number of nitrogens with one attached hydrogen (secondary N) is 1. The van der Waals surface area contributed by atoms with Gasteiger partial charge in [0.2, 0.25) is 0 Å². The summed E-state index contributed by atoms with van der Waals surface area (Å²) in [6.45, 7) is 6.20. The van der Waals surface area contributed by atoms with Gasteiger partial charge in [0.05, 0.1) is 11.8 Å². The molecule has 3 aromatic carbocycles. The second-order valence-electron chi connectivity index (χ2n) is 7.53. The van der Waals surface area contributed by atoms with Crippen LogP contribution in [0.2, 0.25) is 0 Å². The average molecular weight is 415 g/mol. The molecule has 1 heterocycles. The fourth-order valence-corrected chi connectivity index (χ4v) is 3.20. The summed E-state index contributed by atoms with van der Waals surface area (Å²) in [4.78, 5) is 14.4. The van der Waals surface area contributed by atoms with Gasteiger partial charge in [-0.2, -0.15) is 4.80 Å². The summed E-state index contributed by atoms with van der Waals surface area (Å²) in [7, 11) is 0. The number of carbonyl (C=O) groups excluding carboxylic acids is 1. The van der Waals surface area contributed by atoms with Crippen LogP contribution in [0.25, 0.3) is 16.7 Å². The average Bonchev–Trinajstić information content (AvgIpc) is 3.22. The predicted octanol–water partition coefficient (Wildman–Crippen LogP) is 5.41. The monoisotopic (exact) mass is 414 g/mol. The Morgan fingerprint density at radius 3 is 2.52 bits per heavy atom. The lowest BCUT2D eigenvalue weighted by molar-refractivity contribution is 0.102. The van der Waals surface area contributed by atoms with Crippen molar-refractivity contribution in [1.82, 2.24) is 15.0 Å². The fraction of sp³-hybridized carbons (Fsp3) is 0.240. The lowest BCUT2D eigenvalue weighted by Gasteiger charge is -2.13. The zero-order valence-electron chi connectivity index (χ0n) is 18.0. The van der Waals surface area contributed by atoms with E-state index in [1.165, 1.54) is 5.56 Å². The van der Waals surface area contributed by atoms with Crippen LogP contribution in [-0.2, 0) is 6.42 Å². The van der Waals surface area contributed by atoms with Crippen molar-refractivity contribution in [3.8, 4) is 11.4 Å². The Kier molecular flexibility index (Phi) is 5.98. The number of hydrogen-bond donors (Lipinski definition) is 1. The molecule has 1 N–H and O–H groups in total. The molecule has 31 heavy (non-hydrogen) atoms. The number of ether oxygens (including phenoxy) is 1. The molecule has 158 valence electrons. The van der Waals surface area contributed by atoms with Gasteiger partial charge in [-0.15, -0.1) is 10.2 Å². The van der Waals surface area contributed by atoms with Gasteiger partial charge in [0.25, 0.3) is 5.91 Å². The molecule has 0 unspecified atom stereocenters. The standard InChI is InChI=1S/C25H26N4O2/c1-4-17(3)31-22-8-6-7-19(15-22)25(30)26-20-11-14-23-24(16-20)28-29(27-23)21-12-9-18(5-2)10-13-21/h6-17H,4-5H2,1-3H3,(H,26,30)/t17-/m0/s1. The van der Waals surface area contributed by atoms with Gasteiger partial charge in [-0.3, -0.25) is 4.79 Å². The molecule has 1 amide bonds. The topological polar surface area (TPSA) is 69.0 Å². The van der Waals surface area contributed by atoms with Crippen LogP contribution in [-0.4, -0.2) is 27.0 Å². The molecular weight excluding hydrogens is 388 g/mol. The zero-order chi connectivity index (χ0) is 21.8. The van der Waals surface area contributed by atoms with Crippen LogP contribution in [0.4, 0.5) is 5.69 Å². The van der Waals surface area contributed by atoms with Crippen LogP contribution in [0.3, 0.4) is 0 Å². The van der Waals surface area contributed by atoms with Crippen LogP contribution >= 0.6 is 0 Å². The van der Waals surface area contributed by atoms with Gasteiger partial charge < -0.3 is 10.1 Å². The maximum atomic E-state index is 12.7. The minimum Gasteiger partial charge on any atom is -0.491 e. The number of fused-ring (bicyclic) bond motifs is 1. The van der Waals surface area contributed by atoms with E-state index in [0.717, 1.165) is 24.0 Å². The number of hydrogen-bond acceptors (Lipinski definition) is 4. The highest BCUT2D eigenvalue weighted by atomic mass is 16.5. The Bertz CT molecular complexity index is 1200. The summed E-state index contributed by atoms with van der Waals surface area (Å²) in [5, 5.41) is 12.0. The normalized spacial score (nSPS) is 12.0. The van der Waals surface area contributed by atoms with Crippen molar-refractivity contribution in [1.29, 1.82) is 0 Å². The van der Waals surface area contributed by atoms with Crippen molar-refractivity contribution in [2.75, 3.05) is 5.32 Å². The van der Waals surface area contributed by atoms with Crippen molar-refractivity contribution in [2.45, 2.75) is 39.7 Å². The summed E-state index contributed by atoms with van der Waals surface area (Å²) in [5.41, 5.74) is 4.86. The Morgan fingerprint density at radius 2 is 1.77 bits per heavy atom. The Labute approximate surface area is 181 Å². The SMILES string of the molecule is CCc1ccc(-n2nc3ccc(NC(=O)c4cccc(O[C@@H](C)CC)c4)cc3n2)cc1. The van der Waals surface area contributed by atoms with Crippen LogP contribution in [0, 0.1) is 0 Å². The minimum absolute atomic E-state index is 0.0986. The lowest BCUT2D eigenvalue weighted by atomic mass is 10.2. The minimum atomic E-state index is -0.198. The highest BCUT2D eigenvalue weighted by Gasteiger charge is 2.11. The molecule has 6 heteroatoms. The van der Waals surface area contributed by atoms with E-state index in [1.807, 2.05) is 49.4 Å².